The van der Waals surface area contributed by atoms with Crippen molar-refractivity contribution in [3.8, 4) is 0 Å². The predicted octanol–water partition coefficient (Wildman–Crippen LogP) is 0.798. The lowest BCUT2D eigenvalue weighted by molar-refractivity contribution is -0.148. The number of piperidine rings is 1. The monoisotopic (exact) mass is 270 g/mol. The highest BCUT2D eigenvalue weighted by Crippen LogP contribution is 2.32. The molecular weight excluding hydrogens is 248 g/mol. The number of likely N-dealkylation sites (tertiary alicyclic amines) is 1. The van der Waals surface area contributed by atoms with E-state index in [0.29, 0.717) is 38.3 Å². The zero-order valence-electron chi connectivity index (χ0n) is 11.1. The maximum absolute atomic E-state index is 12.1. The van der Waals surface area contributed by atoms with Crippen LogP contribution >= 0.6 is 0 Å². The van der Waals surface area contributed by atoms with Crippen molar-refractivity contribution in [1.29, 1.82) is 0 Å². The third kappa shape index (κ3) is 3.00. The van der Waals surface area contributed by atoms with Gasteiger partial charge >= 0.3 is 12.0 Å². The molecule has 3 N–H and O–H groups in total. The van der Waals surface area contributed by atoms with Crippen molar-refractivity contribution in [2.45, 2.75) is 44.1 Å². The van der Waals surface area contributed by atoms with Crippen LogP contribution in [0.4, 0.5) is 4.79 Å². The van der Waals surface area contributed by atoms with Gasteiger partial charge in [-0.05, 0) is 44.4 Å². The molecule has 2 rings (SSSR count). The summed E-state index contributed by atoms with van der Waals surface area (Å²) in [7, 11) is 0. The van der Waals surface area contributed by atoms with E-state index in [0.717, 1.165) is 19.3 Å². The Morgan fingerprint density at radius 3 is 2.58 bits per heavy atom. The highest BCUT2D eigenvalue weighted by Gasteiger charge is 2.46. The first kappa shape index (κ1) is 14.1. The Morgan fingerprint density at radius 2 is 2.05 bits per heavy atom. The first-order valence-corrected chi connectivity index (χ1v) is 6.99. The van der Waals surface area contributed by atoms with Crippen LogP contribution in [-0.2, 0) is 4.79 Å². The molecule has 0 aromatic carbocycles. The van der Waals surface area contributed by atoms with Gasteiger partial charge in [0.05, 0.1) is 0 Å². The lowest BCUT2D eigenvalue weighted by Crippen LogP contribution is -2.62. The van der Waals surface area contributed by atoms with Crippen LogP contribution in [0.2, 0.25) is 0 Å². The van der Waals surface area contributed by atoms with Crippen LogP contribution in [0, 0.1) is 5.92 Å². The van der Waals surface area contributed by atoms with Gasteiger partial charge in [-0.25, -0.2) is 9.59 Å². The number of aliphatic carboxylic acids is 1. The van der Waals surface area contributed by atoms with Crippen molar-refractivity contribution in [3.63, 3.8) is 0 Å². The average molecular weight is 270 g/mol. The molecule has 2 amide bonds. The molecule has 108 valence electrons. The minimum absolute atomic E-state index is 0.138. The van der Waals surface area contributed by atoms with Crippen molar-refractivity contribution < 1.29 is 19.8 Å². The smallest absolute Gasteiger partial charge is 0.329 e. The Balaban J connectivity index is 1.90. The largest absolute Gasteiger partial charge is 0.480 e. The molecule has 1 heterocycles. The SMILES string of the molecule is O=C(NC1(C(=O)O)CCC1)N1CCCC(CCO)C1. The number of rotatable bonds is 4. The van der Waals surface area contributed by atoms with Gasteiger partial charge in [-0.1, -0.05) is 0 Å². The summed E-state index contributed by atoms with van der Waals surface area (Å²) in [6.07, 6.45) is 4.52. The summed E-state index contributed by atoms with van der Waals surface area (Å²) in [6.45, 7) is 1.42. The van der Waals surface area contributed by atoms with Crippen molar-refractivity contribution in [2.24, 2.45) is 5.92 Å². The molecule has 0 aromatic heterocycles. The third-order valence-corrected chi connectivity index (χ3v) is 4.31. The first-order chi connectivity index (χ1) is 9.07. The molecule has 19 heavy (non-hydrogen) atoms. The van der Waals surface area contributed by atoms with Crippen LogP contribution in [0.25, 0.3) is 0 Å². The minimum atomic E-state index is -1.04. The number of hydrogen-bond donors (Lipinski definition) is 3. The van der Waals surface area contributed by atoms with Gasteiger partial charge < -0.3 is 20.4 Å². The van der Waals surface area contributed by atoms with Gasteiger partial charge in [0, 0.05) is 19.7 Å². The zero-order valence-corrected chi connectivity index (χ0v) is 11.1. The summed E-state index contributed by atoms with van der Waals surface area (Å²) in [5, 5.41) is 20.8. The molecule has 2 fully saturated rings. The number of urea groups is 1. The fourth-order valence-corrected chi connectivity index (χ4v) is 2.87. The van der Waals surface area contributed by atoms with E-state index in [-0.39, 0.29) is 12.6 Å². The molecule has 1 saturated carbocycles. The molecule has 1 unspecified atom stereocenters. The van der Waals surface area contributed by atoms with Crippen LogP contribution in [-0.4, -0.2) is 52.3 Å². The summed E-state index contributed by atoms with van der Waals surface area (Å²) in [5.74, 6) is -0.609. The number of carboxylic acids is 1. The maximum Gasteiger partial charge on any atom is 0.329 e. The molecule has 0 bridgehead atoms. The van der Waals surface area contributed by atoms with Gasteiger partial charge in [0.15, 0.2) is 0 Å². The zero-order chi connectivity index (χ0) is 13.9. The second-order valence-electron chi connectivity index (χ2n) is 5.64. The normalized spacial score (nSPS) is 25.5. The van der Waals surface area contributed by atoms with Gasteiger partial charge in [-0.2, -0.15) is 0 Å². The molecule has 1 atom stereocenters. The molecule has 6 nitrogen and oxygen atoms in total. The van der Waals surface area contributed by atoms with Crippen LogP contribution in [0.5, 0.6) is 0 Å². The van der Waals surface area contributed by atoms with Gasteiger partial charge in [0.1, 0.15) is 5.54 Å². The molecule has 1 aliphatic carbocycles. The number of hydrogen-bond acceptors (Lipinski definition) is 3. The van der Waals surface area contributed by atoms with E-state index in [1.165, 1.54) is 0 Å². The minimum Gasteiger partial charge on any atom is -0.480 e. The molecule has 1 aliphatic heterocycles. The van der Waals surface area contributed by atoms with Crippen molar-refractivity contribution in [1.82, 2.24) is 10.2 Å². The standard InChI is InChI=1S/C13H22N2O4/c16-8-4-10-3-1-7-15(9-10)12(19)14-13(11(17)18)5-2-6-13/h10,16H,1-9H2,(H,14,19)(H,17,18). The number of amides is 2. The van der Waals surface area contributed by atoms with E-state index in [1.54, 1.807) is 4.90 Å². The van der Waals surface area contributed by atoms with E-state index < -0.39 is 11.5 Å². The summed E-state index contributed by atoms with van der Waals surface area (Å²) >= 11 is 0. The fraction of sp³-hybridized carbons (Fsp3) is 0.846. The molecule has 1 saturated heterocycles. The molecule has 2 aliphatic rings. The maximum atomic E-state index is 12.1. The van der Waals surface area contributed by atoms with Crippen LogP contribution in [0.3, 0.4) is 0 Å². The quantitative estimate of drug-likeness (QED) is 0.704. The number of aliphatic hydroxyl groups excluding tert-OH is 1. The number of aliphatic hydroxyl groups is 1. The Morgan fingerprint density at radius 1 is 1.32 bits per heavy atom. The third-order valence-electron chi connectivity index (χ3n) is 4.31. The summed E-state index contributed by atoms with van der Waals surface area (Å²) in [4.78, 5) is 25.1. The Bertz CT molecular complexity index is 353. The van der Waals surface area contributed by atoms with E-state index >= 15 is 0 Å². The Labute approximate surface area is 112 Å². The van der Waals surface area contributed by atoms with Gasteiger partial charge in [0.2, 0.25) is 0 Å². The summed E-state index contributed by atoms with van der Waals surface area (Å²) in [6, 6.07) is -0.273. The molecule has 0 spiro atoms. The molecule has 0 aromatic rings. The van der Waals surface area contributed by atoms with Crippen molar-refractivity contribution >= 4 is 12.0 Å². The Kier molecular flexibility index (Phi) is 4.29. The van der Waals surface area contributed by atoms with E-state index in [4.69, 9.17) is 5.11 Å². The van der Waals surface area contributed by atoms with Crippen LogP contribution in [0.1, 0.15) is 38.5 Å². The molecular formula is C13H22N2O4. The van der Waals surface area contributed by atoms with Gasteiger partial charge in [-0.3, -0.25) is 0 Å². The first-order valence-electron chi connectivity index (χ1n) is 6.99. The molecule has 0 radical (unpaired) electrons. The fourth-order valence-electron chi connectivity index (χ4n) is 2.87. The number of nitrogens with zero attached hydrogens (tertiary/aromatic N) is 1. The second kappa shape index (κ2) is 5.77. The Hall–Kier alpha value is -1.30. The van der Waals surface area contributed by atoms with Gasteiger partial charge in [0.25, 0.3) is 0 Å². The topological polar surface area (TPSA) is 89.9 Å². The number of carbonyl (C=O) groups excluding carboxylic acids is 1. The number of nitrogens with one attached hydrogen (secondary N) is 1. The van der Waals surface area contributed by atoms with Crippen molar-refractivity contribution in [3.05, 3.63) is 0 Å². The molecule has 6 heteroatoms. The van der Waals surface area contributed by atoms with E-state index in [9.17, 15) is 14.7 Å². The number of carboxylic acid groups (broad SMARTS) is 1. The highest BCUT2D eigenvalue weighted by molar-refractivity contribution is 5.87. The highest BCUT2D eigenvalue weighted by atomic mass is 16.4. The number of carbonyl (C=O) groups is 2. The van der Waals surface area contributed by atoms with E-state index in [2.05, 4.69) is 5.32 Å². The average Bonchev–Trinajstić information content (AvgIpc) is 2.34. The van der Waals surface area contributed by atoms with E-state index in [1.807, 2.05) is 0 Å². The second-order valence-corrected chi connectivity index (χ2v) is 5.64. The lowest BCUT2D eigenvalue weighted by Gasteiger charge is -2.41. The van der Waals surface area contributed by atoms with Gasteiger partial charge in [-0.15, -0.1) is 0 Å². The summed E-state index contributed by atoms with van der Waals surface area (Å²) < 4.78 is 0. The summed E-state index contributed by atoms with van der Waals surface area (Å²) in [5.41, 5.74) is -1.04. The van der Waals surface area contributed by atoms with Crippen LogP contribution in [0.15, 0.2) is 0 Å². The predicted molar refractivity (Wildman–Crippen MR) is 68.7 cm³/mol. The lowest BCUT2D eigenvalue weighted by atomic mass is 9.77. The van der Waals surface area contributed by atoms with Crippen LogP contribution < -0.4 is 5.32 Å². The van der Waals surface area contributed by atoms with Crippen molar-refractivity contribution in [2.75, 3.05) is 19.7 Å².